The predicted molar refractivity (Wildman–Crippen MR) is 104 cm³/mol. The quantitative estimate of drug-likeness (QED) is 0.732. The topological polar surface area (TPSA) is 103 Å². The van der Waals surface area contributed by atoms with E-state index in [1.807, 2.05) is 24.3 Å². The Morgan fingerprint density at radius 1 is 1.21 bits per heavy atom. The van der Waals surface area contributed by atoms with Gasteiger partial charge < -0.3 is 15.2 Å². The molecule has 2 aromatic rings. The van der Waals surface area contributed by atoms with E-state index >= 15 is 0 Å². The second-order valence-electron chi connectivity index (χ2n) is 7.35. The summed E-state index contributed by atoms with van der Waals surface area (Å²) in [5, 5.41) is 21.9. The van der Waals surface area contributed by atoms with Crippen molar-refractivity contribution in [3.63, 3.8) is 0 Å². The fourth-order valence-electron chi connectivity index (χ4n) is 4.01. The molecule has 29 heavy (non-hydrogen) atoms. The number of imide groups is 1. The minimum Gasteiger partial charge on any atom is -0.491 e. The summed E-state index contributed by atoms with van der Waals surface area (Å²) < 4.78 is 5.55. The van der Waals surface area contributed by atoms with Crippen molar-refractivity contribution in [1.82, 2.24) is 10.2 Å². The first-order valence-electron chi connectivity index (χ1n) is 9.53. The largest absolute Gasteiger partial charge is 0.491 e. The number of nitrogens with zero attached hydrogens (tertiary/aromatic N) is 2. The molecule has 148 valence electrons. The zero-order valence-electron chi connectivity index (χ0n) is 15.8. The predicted octanol–water partition coefficient (Wildman–Crippen LogP) is 1.89. The van der Waals surface area contributed by atoms with Crippen molar-refractivity contribution in [2.75, 3.05) is 13.2 Å². The van der Waals surface area contributed by atoms with Gasteiger partial charge >= 0.3 is 6.03 Å². The Bertz CT molecular complexity index is 982. The van der Waals surface area contributed by atoms with E-state index in [4.69, 9.17) is 10.00 Å². The van der Waals surface area contributed by atoms with Gasteiger partial charge in [-0.25, -0.2) is 4.79 Å². The lowest BCUT2D eigenvalue weighted by atomic mass is 9.92. The summed E-state index contributed by atoms with van der Waals surface area (Å²) in [6, 6.07) is 16.2. The first-order valence-corrected chi connectivity index (χ1v) is 9.53. The number of hydrogen-bond acceptors (Lipinski definition) is 5. The number of β-amino-alcohol motifs (C(OH)–C–C–N with tert-alkyl or cyclic N) is 1. The van der Waals surface area contributed by atoms with Crippen molar-refractivity contribution in [3.8, 4) is 11.8 Å². The van der Waals surface area contributed by atoms with Crippen molar-refractivity contribution in [3.05, 3.63) is 65.2 Å². The molecule has 4 rings (SSSR count). The van der Waals surface area contributed by atoms with Crippen LogP contribution in [0.15, 0.2) is 48.5 Å². The number of benzene rings is 2. The highest BCUT2D eigenvalue weighted by molar-refractivity contribution is 6.08. The summed E-state index contributed by atoms with van der Waals surface area (Å²) in [7, 11) is 0. The molecule has 0 saturated carbocycles. The van der Waals surface area contributed by atoms with Crippen molar-refractivity contribution in [1.29, 1.82) is 5.26 Å². The molecule has 1 saturated heterocycles. The molecule has 7 heteroatoms. The fourth-order valence-corrected chi connectivity index (χ4v) is 4.01. The van der Waals surface area contributed by atoms with Gasteiger partial charge in [-0.05, 0) is 41.7 Å². The van der Waals surface area contributed by atoms with Crippen LogP contribution in [0.5, 0.6) is 5.75 Å². The lowest BCUT2D eigenvalue weighted by molar-refractivity contribution is -0.132. The van der Waals surface area contributed by atoms with E-state index in [2.05, 4.69) is 11.4 Å². The minimum absolute atomic E-state index is 0.0573. The summed E-state index contributed by atoms with van der Waals surface area (Å²) in [6.45, 7) is -0.195. The molecule has 2 aliphatic rings. The number of carbonyl (C=O) groups is 2. The SMILES string of the molecule is N#CCc1ccc(OC[C@H](O)CN2C(=O)N[C@@]3(CCc4ccccc43)C2=O)cc1. The van der Waals surface area contributed by atoms with E-state index < -0.39 is 17.7 Å². The monoisotopic (exact) mass is 391 g/mol. The van der Waals surface area contributed by atoms with Gasteiger partial charge in [-0.1, -0.05) is 36.4 Å². The molecule has 1 fully saturated rings. The van der Waals surface area contributed by atoms with Crippen LogP contribution < -0.4 is 10.1 Å². The molecule has 7 nitrogen and oxygen atoms in total. The Balaban J connectivity index is 1.39. The Hall–Kier alpha value is -3.37. The lowest BCUT2D eigenvalue weighted by Gasteiger charge is -2.23. The summed E-state index contributed by atoms with van der Waals surface area (Å²) in [4.78, 5) is 26.6. The van der Waals surface area contributed by atoms with E-state index in [-0.39, 0.29) is 19.1 Å². The van der Waals surface area contributed by atoms with Crippen LogP contribution in [0, 0.1) is 11.3 Å². The van der Waals surface area contributed by atoms with Crippen LogP contribution in [0.3, 0.4) is 0 Å². The number of carbonyl (C=O) groups excluding carboxylic acids is 2. The van der Waals surface area contributed by atoms with Gasteiger partial charge in [0.2, 0.25) is 0 Å². The average molecular weight is 391 g/mol. The third-order valence-corrected chi connectivity index (χ3v) is 5.46. The Morgan fingerprint density at radius 2 is 1.97 bits per heavy atom. The first-order chi connectivity index (χ1) is 14.0. The van der Waals surface area contributed by atoms with Gasteiger partial charge in [0, 0.05) is 0 Å². The summed E-state index contributed by atoms with van der Waals surface area (Å²) in [5.41, 5.74) is 1.75. The van der Waals surface area contributed by atoms with E-state index in [9.17, 15) is 14.7 Å². The van der Waals surface area contributed by atoms with Gasteiger partial charge in [0.05, 0.1) is 19.0 Å². The Labute approximate surface area is 168 Å². The van der Waals surface area contributed by atoms with Gasteiger partial charge in [-0.2, -0.15) is 5.26 Å². The fraction of sp³-hybridized carbons (Fsp3) is 0.318. The van der Waals surface area contributed by atoms with E-state index in [1.54, 1.807) is 24.3 Å². The zero-order valence-corrected chi connectivity index (χ0v) is 15.8. The summed E-state index contributed by atoms with van der Waals surface area (Å²) in [6.07, 6.45) is 0.550. The maximum atomic E-state index is 13.1. The molecule has 3 amide bonds. The molecule has 1 aliphatic heterocycles. The van der Waals surface area contributed by atoms with Crippen molar-refractivity contribution in [2.45, 2.75) is 30.9 Å². The molecule has 1 aliphatic carbocycles. The summed E-state index contributed by atoms with van der Waals surface area (Å²) in [5.74, 6) is 0.219. The van der Waals surface area contributed by atoms with Crippen molar-refractivity contribution in [2.24, 2.45) is 0 Å². The number of rotatable bonds is 6. The van der Waals surface area contributed by atoms with Crippen LogP contribution in [0.25, 0.3) is 0 Å². The number of hydrogen-bond donors (Lipinski definition) is 2. The number of aliphatic hydroxyl groups is 1. The zero-order chi connectivity index (χ0) is 20.4. The first kappa shape index (κ1) is 19.0. The van der Waals surface area contributed by atoms with E-state index in [0.717, 1.165) is 28.0 Å². The number of amides is 3. The third-order valence-electron chi connectivity index (χ3n) is 5.46. The molecule has 2 atom stereocenters. The van der Waals surface area contributed by atoms with Crippen molar-refractivity contribution >= 4 is 11.9 Å². The Kier molecular flexibility index (Phi) is 4.95. The average Bonchev–Trinajstić information content (AvgIpc) is 3.21. The molecule has 0 aromatic heterocycles. The van der Waals surface area contributed by atoms with Gasteiger partial charge in [0.15, 0.2) is 0 Å². The number of aryl methyl sites for hydroxylation is 1. The molecule has 1 heterocycles. The second kappa shape index (κ2) is 7.57. The van der Waals surface area contributed by atoms with Gasteiger partial charge in [-0.3, -0.25) is 9.69 Å². The number of ether oxygens (including phenoxy) is 1. The van der Waals surface area contributed by atoms with Crippen LogP contribution in [-0.2, 0) is 23.2 Å². The molecule has 1 spiro atoms. The highest BCUT2D eigenvalue weighted by Crippen LogP contribution is 2.41. The standard InChI is InChI=1S/C22H21N3O4/c23-12-10-15-5-7-18(8-6-15)29-14-17(26)13-25-20(27)22(24-21(25)28)11-9-16-3-1-2-4-19(16)22/h1-8,17,26H,9-11,13-14H2,(H,24,28)/t17-,22-/m1/s1. The van der Waals surface area contributed by atoms with Gasteiger partial charge in [0.1, 0.15) is 24.0 Å². The van der Waals surface area contributed by atoms with Crippen LogP contribution in [0.1, 0.15) is 23.1 Å². The molecule has 0 radical (unpaired) electrons. The lowest BCUT2D eigenvalue weighted by Crippen LogP contribution is -2.43. The normalized spacial score (nSPS) is 21.0. The van der Waals surface area contributed by atoms with Crippen LogP contribution in [0.2, 0.25) is 0 Å². The molecule has 0 bridgehead atoms. The highest BCUT2D eigenvalue weighted by Gasteiger charge is 2.55. The van der Waals surface area contributed by atoms with Crippen molar-refractivity contribution < 1.29 is 19.4 Å². The maximum absolute atomic E-state index is 13.1. The number of nitrogens with one attached hydrogen (secondary N) is 1. The van der Waals surface area contributed by atoms with Crippen LogP contribution in [-0.4, -0.2) is 41.2 Å². The maximum Gasteiger partial charge on any atom is 0.325 e. The third kappa shape index (κ3) is 3.43. The van der Waals surface area contributed by atoms with E-state index in [0.29, 0.717) is 18.6 Å². The second-order valence-corrected chi connectivity index (χ2v) is 7.35. The van der Waals surface area contributed by atoms with Crippen LogP contribution >= 0.6 is 0 Å². The molecule has 2 aromatic carbocycles. The number of fused-ring (bicyclic) bond motifs is 2. The molecular weight excluding hydrogens is 370 g/mol. The van der Waals surface area contributed by atoms with Gasteiger partial charge in [0.25, 0.3) is 5.91 Å². The molecule has 0 unspecified atom stereocenters. The molecule has 2 N–H and O–H groups in total. The Morgan fingerprint density at radius 3 is 2.72 bits per heavy atom. The van der Waals surface area contributed by atoms with Crippen LogP contribution in [0.4, 0.5) is 4.79 Å². The number of aliphatic hydroxyl groups excluding tert-OH is 1. The number of urea groups is 1. The smallest absolute Gasteiger partial charge is 0.325 e. The highest BCUT2D eigenvalue weighted by atomic mass is 16.5. The summed E-state index contributed by atoms with van der Waals surface area (Å²) >= 11 is 0. The van der Waals surface area contributed by atoms with Gasteiger partial charge in [-0.15, -0.1) is 0 Å². The van der Waals surface area contributed by atoms with E-state index in [1.165, 1.54) is 0 Å². The number of nitriles is 1. The minimum atomic E-state index is -1.02. The molecular formula is C22H21N3O4.